The fraction of sp³-hybridized carbons (Fsp3) is 0.250. The molecule has 0 saturated carbocycles. The molecule has 0 aliphatic carbocycles. The van der Waals surface area contributed by atoms with Gasteiger partial charge in [-0.25, -0.2) is 4.39 Å². The van der Waals surface area contributed by atoms with Gasteiger partial charge < -0.3 is 10.5 Å². The van der Waals surface area contributed by atoms with Crippen LogP contribution in [-0.4, -0.2) is 16.4 Å². The van der Waals surface area contributed by atoms with E-state index >= 15 is 0 Å². The lowest BCUT2D eigenvalue weighted by Gasteiger charge is -2.10. The molecule has 0 unspecified atom stereocenters. The summed E-state index contributed by atoms with van der Waals surface area (Å²) in [5, 5.41) is 4.07. The quantitative estimate of drug-likeness (QED) is 0.882. The number of rotatable bonds is 4. The first-order valence-electron chi connectivity index (χ1n) is 5.41. The standard InChI is InChI=1S/C12H13BrFN3O/c1-17-7-8(6-16-17)2-3-18-12-10(13)4-9(14)5-11(12)15/h4-7H,2-3,15H2,1H3. The van der Waals surface area contributed by atoms with Crippen molar-refractivity contribution in [1.29, 1.82) is 0 Å². The van der Waals surface area contributed by atoms with Gasteiger partial charge in [0, 0.05) is 25.7 Å². The minimum absolute atomic E-state index is 0.285. The second kappa shape index (κ2) is 5.39. The molecular weight excluding hydrogens is 301 g/mol. The highest BCUT2D eigenvalue weighted by Gasteiger charge is 2.08. The molecule has 1 aromatic heterocycles. The smallest absolute Gasteiger partial charge is 0.156 e. The van der Waals surface area contributed by atoms with Crippen molar-refractivity contribution in [3.63, 3.8) is 0 Å². The molecule has 0 amide bonds. The third-order valence-corrected chi connectivity index (χ3v) is 3.02. The van der Waals surface area contributed by atoms with Gasteiger partial charge in [-0.15, -0.1) is 0 Å². The number of halogens is 2. The first kappa shape index (κ1) is 12.9. The zero-order chi connectivity index (χ0) is 13.1. The molecule has 0 radical (unpaired) electrons. The average Bonchev–Trinajstić information content (AvgIpc) is 2.68. The summed E-state index contributed by atoms with van der Waals surface area (Å²) in [6, 6.07) is 2.57. The van der Waals surface area contributed by atoms with Crippen molar-refractivity contribution in [2.45, 2.75) is 6.42 Å². The Kier molecular flexibility index (Phi) is 3.86. The van der Waals surface area contributed by atoms with Crippen LogP contribution in [-0.2, 0) is 13.5 Å². The van der Waals surface area contributed by atoms with Crippen LogP contribution in [0.25, 0.3) is 0 Å². The average molecular weight is 314 g/mol. The molecular formula is C12H13BrFN3O. The Hall–Kier alpha value is -1.56. The summed E-state index contributed by atoms with van der Waals surface area (Å²) in [5.41, 5.74) is 7.06. The lowest BCUT2D eigenvalue weighted by Crippen LogP contribution is -2.04. The summed E-state index contributed by atoms with van der Waals surface area (Å²) in [6.07, 6.45) is 4.43. The summed E-state index contributed by atoms with van der Waals surface area (Å²) in [5.74, 6) is 0.0827. The zero-order valence-corrected chi connectivity index (χ0v) is 11.4. The number of benzene rings is 1. The van der Waals surface area contributed by atoms with Crippen molar-refractivity contribution in [3.05, 3.63) is 40.4 Å². The Balaban J connectivity index is 1.98. The summed E-state index contributed by atoms with van der Waals surface area (Å²) in [7, 11) is 1.86. The van der Waals surface area contributed by atoms with Crippen LogP contribution in [0.15, 0.2) is 29.0 Å². The van der Waals surface area contributed by atoms with Crippen LogP contribution in [0.4, 0.5) is 10.1 Å². The molecule has 18 heavy (non-hydrogen) atoms. The fourth-order valence-corrected chi connectivity index (χ4v) is 2.17. The second-order valence-corrected chi connectivity index (χ2v) is 4.78. The van der Waals surface area contributed by atoms with E-state index in [1.165, 1.54) is 12.1 Å². The van der Waals surface area contributed by atoms with Gasteiger partial charge in [-0.2, -0.15) is 5.10 Å². The maximum atomic E-state index is 13.0. The molecule has 0 bridgehead atoms. The monoisotopic (exact) mass is 313 g/mol. The van der Waals surface area contributed by atoms with E-state index in [0.29, 0.717) is 16.8 Å². The molecule has 96 valence electrons. The third kappa shape index (κ3) is 3.01. The highest BCUT2D eigenvalue weighted by Crippen LogP contribution is 2.32. The summed E-state index contributed by atoms with van der Waals surface area (Å²) in [4.78, 5) is 0. The number of aromatic nitrogens is 2. The van der Waals surface area contributed by atoms with Gasteiger partial charge in [-0.05, 0) is 27.6 Å². The topological polar surface area (TPSA) is 53.1 Å². The minimum Gasteiger partial charge on any atom is -0.490 e. The molecule has 6 heteroatoms. The van der Waals surface area contributed by atoms with Crippen molar-refractivity contribution in [1.82, 2.24) is 9.78 Å². The molecule has 1 heterocycles. The van der Waals surface area contributed by atoms with Crippen molar-refractivity contribution >= 4 is 21.6 Å². The fourth-order valence-electron chi connectivity index (χ4n) is 1.60. The number of ether oxygens (including phenoxy) is 1. The molecule has 0 fully saturated rings. The van der Waals surface area contributed by atoms with Crippen LogP contribution in [0.2, 0.25) is 0 Å². The SMILES string of the molecule is Cn1cc(CCOc2c(N)cc(F)cc2Br)cn1. The van der Waals surface area contributed by atoms with Crippen molar-refractivity contribution < 1.29 is 9.13 Å². The van der Waals surface area contributed by atoms with E-state index in [4.69, 9.17) is 10.5 Å². The van der Waals surface area contributed by atoms with Gasteiger partial charge in [0.15, 0.2) is 5.75 Å². The van der Waals surface area contributed by atoms with Crippen molar-refractivity contribution in [2.75, 3.05) is 12.3 Å². The molecule has 2 rings (SSSR count). The molecule has 0 spiro atoms. The number of nitrogens with two attached hydrogens (primary N) is 1. The van der Waals surface area contributed by atoms with E-state index in [1.54, 1.807) is 10.9 Å². The maximum absolute atomic E-state index is 13.0. The highest BCUT2D eigenvalue weighted by molar-refractivity contribution is 9.10. The third-order valence-electron chi connectivity index (χ3n) is 2.43. The van der Waals surface area contributed by atoms with Crippen LogP contribution < -0.4 is 10.5 Å². The Bertz CT molecular complexity index is 533. The molecule has 0 saturated heterocycles. The van der Waals surface area contributed by atoms with Crippen LogP contribution in [0, 0.1) is 5.82 Å². The minimum atomic E-state index is -0.390. The second-order valence-electron chi connectivity index (χ2n) is 3.93. The van der Waals surface area contributed by atoms with Gasteiger partial charge in [0.1, 0.15) is 5.82 Å². The molecule has 2 N–H and O–H groups in total. The Morgan fingerprint density at radius 1 is 1.50 bits per heavy atom. The largest absolute Gasteiger partial charge is 0.490 e. The van der Waals surface area contributed by atoms with Gasteiger partial charge in [0.05, 0.1) is 23.0 Å². The molecule has 1 aromatic carbocycles. The summed E-state index contributed by atoms with van der Waals surface area (Å²) < 4.78 is 20.8. The summed E-state index contributed by atoms with van der Waals surface area (Å²) >= 11 is 3.23. The molecule has 2 aromatic rings. The normalized spacial score (nSPS) is 10.6. The van der Waals surface area contributed by atoms with E-state index in [2.05, 4.69) is 21.0 Å². The Morgan fingerprint density at radius 3 is 2.89 bits per heavy atom. The van der Waals surface area contributed by atoms with Crippen molar-refractivity contribution in [3.8, 4) is 5.75 Å². The zero-order valence-electron chi connectivity index (χ0n) is 9.86. The number of aryl methyl sites for hydroxylation is 1. The van der Waals surface area contributed by atoms with E-state index in [0.717, 1.165) is 12.0 Å². The number of hydrogen-bond acceptors (Lipinski definition) is 3. The Morgan fingerprint density at radius 2 is 2.28 bits per heavy atom. The van der Waals surface area contributed by atoms with E-state index in [1.807, 2.05) is 13.2 Å². The number of nitrogen functional groups attached to an aromatic ring is 1. The number of anilines is 1. The maximum Gasteiger partial charge on any atom is 0.156 e. The molecule has 0 aliphatic heterocycles. The lowest BCUT2D eigenvalue weighted by atomic mass is 10.2. The lowest BCUT2D eigenvalue weighted by molar-refractivity contribution is 0.321. The van der Waals surface area contributed by atoms with E-state index in [-0.39, 0.29) is 11.5 Å². The van der Waals surface area contributed by atoms with Gasteiger partial charge in [-0.1, -0.05) is 0 Å². The van der Waals surface area contributed by atoms with Crippen LogP contribution in [0.1, 0.15) is 5.56 Å². The van der Waals surface area contributed by atoms with Crippen LogP contribution in [0.5, 0.6) is 5.75 Å². The van der Waals surface area contributed by atoms with Crippen LogP contribution in [0.3, 0.4) is 0 Å². The Labute approximate surface area is 113 Å². The van der Waals surface area contributed by atoms with Gasteiger partial charge in [0.25, 0.3) is 0 Å². The van der Waals surface area contributed by atoms with Gasteiger partial charge in [0.2, 0.25) is 0 Å². The van der Waals surface area contributed by atoms with E-state index in [9.17, 15) is 4.39 Å². The number of nitrogens with zero attached hydrogens (tertiary/aromatic N) is 2. The molecule has 0 aliphatic rings. The van der Waals surface area contributed by atoms with Gasteiger partial charge >= 0.3 is 0 Å². The molecule has 4 nitrogen and oxygen atoms in total. The predicted molar refractivity (Wildman–Crippen MR) is 70.9 cm³/mol. The first-order valence-corrected chi connectivity index (χ1v) is 6.20. The summed E-state index contributed by atoms with van der Waals surface area (Å²) in [6.45, 7) is 0.458. The first-order chi connectivity index (χ1) is 8.56. The predicted octanol–water partition coefficient (Wildman–Crippen LogP) is 2.53. The molecule has 0 atom stereocenters. The highest BCUT2D eigenvalue weighted by atomic mass is 79.9. The van der Waals surface area contributed by atoms with Crippen molar-refractivity contribution in [2.24, 2.45) is 7.05 Å². The number of hydrogen-bond donors (Lipinski definition) is 1. The van der Waals surface area contributed by atoms with Crippen LogP contribution >= 0.6 is 15.9 Å². The van der Waals surface area contributed by atoms with Gasteiger partial charge in [-0.3, -0.25) is 4.68 Å². The van der Waals surface area contributed by atoms with E-state index < -0.39 is 0 Å².